The van der Waals surface area contributed by atoms with Gasteiger partial charge in [0.2, 0.25) is 0 Å². The standard InChI is InChI=1S/C13H13BrFN3/c1-2-7-16-13-6-5-12(17-18-13)9-3-4-11(15)10(14)8-9/h3-6,8H,2,7H2,1H3,(H,16,18). The topological polar surface area (TPSA) is 37.8 Å². The molecule has 2 aromatic rings. The Bertz CT molecular complexity index is 528. The molecule has 18 heavy (non-hydrogen) atoms. The number of nitrogens with one attached hydrogen (secondary N) is 1. The monoisotopic (exact) mass is 309 g/mol. The molecule has 0 bridgehead atoms. The molecule has 1 heterocycles. The average Bonchev–Trinajstić information content (AvgIpc) is 2.40. The second kappa shape index (κ2) is 5.91. The molecule has 5 heteroatoms. The molecule has 0 atom stereocenters. The molecule has 0 amide bonds. The van der Waals surface area contributed by atoms with Crippen LogP contribution in [0.15, 0.2) is 34.8 Å². The molecule has 1 aromatic carbocycles. The Balaban J connectivity index is 2.20. The molecule has 0 fully saturated rings. The Kier molecular flexibility index (Phi) is 4.25. The molecule has 1 N–H and O–H groups in total. The van der Waals surface area contributed by atoms with Crippen molar-refractivity contribution in [3.05, 3.63) is 40.6 Å². The van der Waals surface area contributed by atoms with E-state index in [1.807, 2.05) is 12.1 Å². The van der Waals surface area contributed by atoms with E-state index in [0.29, 0.717) is 4.47 Å². The fraction of sp³-hybridized carbons (Fsp3) is 0.231. The van der Waals surface area contributed by atoms with Gasteiger partial charge in [-0.2, -0.15) is 0 Å². The first kappa shape index (κ1) is 13.0. The number of hydrogen-bond donors (Lipinski definition) is 1. The Hall–Kier alpha value is -1.49. The fourth-order valence-electron chi connectivity index (χ4n) is 1.49. The molecule has 0 aliphatic rings. The van der Waals surface area contributed by atoms with E-state index in [4.69, 9.17) is 0 Å². The SMILES string of the molecule is CCCNc1ccc(-c2ccc(F)c(Br)c2)nn1. The largest absolute Gasteiger partial charge is 0.369 e. The highest BCUT2D eigenvalue weighted by atomic mass is 79.9. The van der Waals surface area contributed by atoms with E-state index in [-0.39, 0.29) is 5.82 Å². The third kappa shape index (κ3) is 3.04. The normalized spacial score (nSPS) is 10.4. The fourth-order valence-corrected chi connectivity index (χ4v) is 1.87. The maximum absolute atomic E-state index is 13.1. The summed E-state index contributed by atoms with van der Waals surface area (Å²) < 4.78 is 13.6. The van der Waals surface area contributed by atoms with E-state index in [2.05, 4.69) is 38.4 Å². The average molecular weight is 310 g/mol. The molecule has 2 rings (SSSR count). The smallest absolute Gasteiger partial charge is 0.148 e. The number of aromatic nitrogens is 2. The lowest BCUT2D eigenvalue weighted by Gasteiger charge is -2.05. The van der Waals surface area contributed by atoms with E-state index < -0.39 is 0 Å². The van der Waals surface area contributed by atoms with E-state index in [1.54, 1.807) is 12.1 Å². The zero-order valence-corrected chi connectivity index (χ0v) is 11.5. The van der Waals surface area contributed by atoms with Crippen LogP contribution in [-0.4, -0.2) is 16.7 Å². The van der Waals surface area contributed by atoms with Gasteiger partial charge in [-0.25, -0.2) is 4.39 Å². The minimum Gasteiger partial charge on any atom is -0.369 e. The van der Waals surface area contributed by atoms with Crippen molar-refractivity contribution >= 4 is 21.7 Å². The maximum atomic E-state index is 13.1. The second-order valence-electron chi connectivity index (χ2n) is 3.86. The summed E-state index contributed by atoms with van der Waals surface area (Å²) in [4.78, 5) is 0. The van der Waals surface area contributed by atoms with E-state index in [0.717, 1.165) is 30.0 Å². The van der Waals surface area contributed by atoms with Crippen molar-refractivity contribution in [2.45, 2.75) is 13.3 Å². The lowest BCUT2D eigenvalue weighted by molar-refractivity contribution is 0.621. The zero-order chi connectivity index (χ0) is 13.0. The van der Waals surface area contributed by atoms with Gasteiger partial charge in [-0.3, -0.25) is 0 Å². The van der Waals surface area contributed by atoms with Gasteiger partial charge in [0, 0.05) is 12.1 Å². The number of benzene rings is 1. The van der Waals surface area contributed by atoms with Crippen LogP contribution in [0.25, 0.3) is 11.3 Å². The van der Waals surface area contributed by atoms with Crippen LogP contribution >= 0.6 is 15.9 Å². The minimum atomic E-state index is -0.284. The Labute approximate surface area is 114 Å². The van der Waals surface area contributed by atoms with Crippen LogP contribution in [0.1, 0.15) is 13.3 Å². The molecule has 0 aliphatic heterocycles. The molecule has 94 valence electrons. The van der Waals surface area contributed by atoms with Gasteiger partial charge in [0.25, 0.3) is 0 Å². The quantitative estimate of drug-likeness (QED) is 0.931. The maximum Gasteiger partial charge on any atom is 0.148 e. The number of halogens is 2. The molecule has 3 nitrogen and oxygen atoms in total. The van der Waals surface area contributed by atoms with Crippen molar-refractivity contribution in [3.63, 3.8) is 0 Å². The number of hydrogen-bond acceptors (Lipinski definition) is 3. The van der Waals surface area contributed by atoms with Crippen molar-refractivity contribution in [3.8, 4) is 11.3 Å². The lowest BCUT2D eigenvalue weighted by Crippen LogP contribution is -2.02. The molecule has 0 radical (unpaired) electrons. The summed E-state index contributed by atoms with van der Waals surface area (Å²) in [6, 6.07) is 8.52. The van der Waals surface area contributed by atoms with Gasteiger partial charge < -0.3 is 5.32 Å². The summed E-state index contributed by atoms with van der Waals surface area (Å²) >= 11 is 3.16. The highest BCUT2D eigenvalue weighted by Gasteiger charge is 2.04. The van der Waals surface area contributed by atoms with Crippen molar-refractivity contribution in [2.24, 2.45) is 0 Å². The van der Waals surface area contributed by atoms with Crippen molar-refractivity contribution in [2.75, 3.05) is 11.9 Å². The van der Waals surface area contributed by atoms with Crippen LogP contribution in [0.5, 0.6) is 0 Å². The van der Waals surface area contributed by atoms with E-state index >= 15 is 0 Å². The van der Waals surface area contributed by atoms with Crippen LogP contribution < -0.4 is 5.32 Å². The summed E-state index contributed by atoms with van der Waals surface area (Å²) in [6.45, 7) is 2.96. The number of anilines is 1. The van der Waals surface area contributed by atoms with Crippen LogP contribution in [-0.2, 0) is 0 Å². The van der Waals surface area contributed by atoms with Gasteiger partial charge in [0.1, 0.15) is 11.6 Å². The van der Waals surface area contributed by atoms with Crippen LogP contribution in [0.3, 0.4) is 0 Å². The Morgan fingerprint density at radius 3 is 2.67 bits per heavy atom. The molecule has 1 aromatic heterocycles. The molecular formula is C13H13BrFN3. The third-order valence-electron chi connectivity index (χ3n) is 2.44. The lowest BCUT2D eigenvalue weighted by atomic mass is 10.1. The highest BCUT2D eigenvalue weighted by Crippen LogP contribution is 2.23. The van der Waals surface area contributed by atoms with Crippen LogP contribution in [0.4, 0.5) is 10.2 Å². The van der Waals surface area contributed by atoms with Crippen molar-refractivity contribution in [1.29, 1.82) is 0 Å². The molecular weight excluding hydrogens is 297 g/mol. The predicted molar refractivity (Wildman–Crippen MR) is 73.9 cm³/mol. The van der Waals surface area contributed by atoms with Gasteiger partial charge in [-0.1, -0.05) is 6.92 Å². The molecule has 0 unspecified atom stereocenters. The van der Waals surface area contributed by atoms with Gasteiger partial charge >= 0.3 is 0 Å². The molecule has 0 spiro atoms. The first-order chi connectivity index (χ1) is 8.70. The Morgan fingerprint density at radius 2 is 2.06 bits per heavy atom. The first-order valence-corrected chi connectivity index (χ1v) is 6.53. The molecule has 0 saturated carbocycles. The third-order valence-corrected chi connectivity index (χ3v) is 3.04. The van der Waals surface area contributed by atoms with Gasteiger partial charge in [0.15, 0.2) is 0 Å². The minimum absolute atomic E-state index is 0.284. The van der Waals surface area contributed by atoms with Gasteiger partial charge in [-0.05, 0) is 52.7 Å². The van der Waals surface area contributed by atoms with Crippen molar-refractivity contribution in [1.82, 2.24) is 10.2 Å². The summed E-state index contributed by atoms with van der Waals surface area (Å²) in [5.74, 6) is 0.467. The first-order valence-electron chi connectivity index (χ1n) is 5.73. The van der Waals surface area contributed by atoms with Gasteiger partial charge in [-0.15, -0.1) is 10.2 Å². The zero-order valence-electron chi connectivity index (χ0n) is 9.95. The summed E-state index contributed by atoms with van der Waals surface area (Å²) in [5, 5.41) is 11.3. The van der Waals surface area contributed by atoms with E-state index in [1.165, 1.54) is 6.07 Å². The summed E-state index contributed by atoms with van der Waals surface area (Å²) in [7, 11) is 0. The van der Waals surface area contributed by atoms with Crippen molar-refractivity contribution < 1.29 is 4.39 Å². The second-order valence-corrected chi connectivity index (χ2v) is 4.71. The number of rotatable bonds is 4. The van der Waals surface area contributed by atoms with E-state index in [9.17, 15) is 4.39 Å². The van der Waals surface area contributed by atoms with Crippen LogP contribution in [0, 0.1) is 5.82 Å². The molecule has 0 saturated heterocycles. The summed E-state index contributed by atoms with van der Waals surface area (Å²) in [6.07, 6.45) is 1.04. The Morgan fingerprint density at radius 1 is 1.22 bits per heavy atom. The summed E-state index contributed by atoms with van der Waals surface area (Å²) in [5.41, 5.74) is 1.55. The predicted octanol–water partition coefficient (Wildman–Crippen LogP) is 3.87. The number of nitrogens with zero attached hydrogens (tertiary/aromatic N) is 2. The van der Waals surface area contributed by atoms with Gasteiger partial charge in [0.05, 0.1) is 10.2 Å². The molecule has 0 aliphatic carbocycles. The highest BCUT2D eigenvalue weighted by molar-refractivity contribution is 9.10. The van der Waals surface area contributed by atoms with Crippen LogP contribution in [0.2, 0.25) is 0 Å².